The molecule has 0 aliphatic rings. The quantitative estimate of drug-likeness (QED) is 0.0861. The van der Waals surface area contributed by atoms with Crippen molar-refractivity contribution < 1.29 is 4.42 Å². The summed E-state index contributed by atoms with van der Waals surface area (Å²) in [5.74, 6) is 2.05. The van der Waals surface area contributed by atoms with Crippen LogP contribution in [0.25, 0.3) is 255 Å². The lowest BCUT2D eigenvalue weighted by molar-refractivity contribution is 0.670. The Morgan fingerprint density at radius 3 is 0.895 bits per heavy atom. The van der Waals surface area contributed by atoms with Crippen molar-refractivity contribution in [3.63, 3.8) is 0 Å². The average molecular weight is 1700 g/mol. The topological polar surface area (TPSA) is 129 Å². The van der Waals surface area contributed by atoms with Gasteiger partial charge in [-0.1, -0.05) is 425 Å². The smallest absolute Gasteiger partial charge is 0.160 e. The maximum Gasteiger partial charge on any atom is 0.160 e. The Hall–Kier alpha value is -18.0. The van der Waals surface area contributed by atoms with Crippen molar-refractivity contribution in [2.45, 2.75) is 0 Å². The summed E-state index contributed by atoms with van der Waals surface area (Å²) in [6, 6.07) is 162. The van der Waals surface area contributed by atoms with E-state index in [1.54, 1.807) is 0 Å². The molecule has 0 radical (unpaired) electrons. The van der Waals surface area contributed by atoms with Crippen LogP contribution in [0.4, 0.5) is 0 Å². The minimum atomic E-state index is 0.675. The van der Waals surface area contributed by atoms with Crippen LogP contribution in [0.15, 0.2) is 472 Å². The molecule has 26 aromatic rings. The monoisotopic (exact) mass is 1700 g/mol. The first-order chi connectivity index (χ1) is 66.0. The second-order valence-corrected chi connectivity index (χ2v) is 33.2. The Balaban J connectivity index is 0.000000110. The minimum Gasteiger partial charge on any atom is -0.455 e. The molecule has 7 aromatic heterocycles. The molecule has 0 amide bonds. The van der Waals surface area contributed by atoms with Gasteiger partial charge in [-0.2, -0.15) is 0 Å². The molecule has 0 N–H and O–H groups in total. The van der Waals surface area contributed by atoms with Gasteiger partial charge in [0.25, 0.3) is 0 Å². The Morgan fingerprint density at radius 2 is 0.451 bits per heavy atom. The molecule has 0 bridgehead atoms. The minimum absolute atomic E-state index is 0.675. The van der Waals surface area contributed by atoms with E-state index in [1.807, 2.05) is 121 Å². The highest BCUT2D eigenvalue weighted by molar-refractivity contribution is 6.24. The molecule has 7 heterocycles. The summed E-state index contributed by atoms with van der Waals surface area (Å²) in [5, 5.41) is 15.4. The fourth-order valence-corrected chi connectivity index (χ4v) is 18.9. The lowest BCUT2D eigenvalue weighted by Gasteiger charge is -2.19. The second kappa shape index (κ2) is 34.0. The van der Waals surface area contributed by atoms with Crippen LogP contribution in [0.3, 0.4) is 0 Å². The molecule has 0 unspecified atom stereocenters. The van der Waals surface area contributed by atoms with Crippen LogP contribution in [-0.4, -0.2) is 44.9 Å². The molecule has 0 saturated carbocycles. The van der Waals surface area contributed by atoms with E-state index in [-0.39, 0.29) is 0 Å². The van der Waals surface area contributed by atoms with Crippen LogP contribution in [0.1, 0.15) is 0 Å². The van der Waals surface area contributed by atoms with Crippen LogP contribution < -0.4 is 0 Å². The molecule has 133 heavy (non-hydrogen) atoms. The number of nitrogens with zero attached hydrogens (tertiary/aromatic N) is 9. The number of hydrogen-bond acceptors (Lipinski definition) is 10. The van der Waals surface area contributed by atoms with E-state index in [4.69, 9.17) is 49.3 Å². The molecule has 19 aromatic carbocycles. The molecule has 0 saturated heterocycles. The molecular weight excluding hydrogens is 1620 g/mol. The summed E-state index contributed by atoms with van der Waals surface area (Å²) in [7, 11) is 0. The fourth-order valence-electron chi connectivity index (χ4n) is 18.9. The first-order valence-corrected chi connectivity index (χ1v) is 44.7. The van der Waals surface area contributed by atoms with Crippen LogP contribution in [-0.2, 0) is 0 Å². The Bertz CT molecular complexity index is 8910. The number of furan rings is 1. The van der Waals surface area contributed by atoms with Gasteiger partial charge in [-0.15, -0.1) is 0 Å². The summed E-state index contributed by atoms with van der Waals surface area (Å²) >= 11 is 0. The van der Waals surface area contributed by atoms with Gasteiger partial charge >= 0.3 is 0 Å². The van der Waals surface area contributed by atoms with Crippen LogP contribution >= 0.6 is 0 Å². The van der Waals surface area contributed by atoms with Crippen molar-refractivity contribution in [1.82, 2.24) is 44.9 Å². The lowest BCUT2D eigenvalue weighted by Crippen LogP contribution is -1.99. The molecule has 0 atom stereocenters. The van der Waals surface area contributed by atoms with Gasteiger partial charge in [0.2, 0.25) is 0 Å². The van der Waals surface area contributed by atoms with Crippen molar-refractivity contribution in [2.75, 3.05) is 0 Å². The molecule has 26 rings (SSSR count). The first-order valence-electron chi connectivity index (χ1n) is 44.7. The zero-order valence-electron chi connectivity index (χ0n) is 71.9. The number of aromatic nitrogens is 9. The van der Waals surface area contributed by atoms with Crippen molar-refractivity contribution in [2.24, 2.45) is 0 Å². The SMILES string of the molecule is c1ccc(-c2ccc3ccc4c(-c5c6ccccc6c(-c6ccccc6)c6ccccc56)nc(-c5ccccc5)nc4c3n2)cc1.c1ccc(-c2ccc3ccc4c(-c5ccc(-c6cccc7c6oc6ccccc67)cc5)nc(-c5ccccc5)nc4c3n2)cc1.c1ccc(-c2ccc3ccc4c(-c5ccc(-c6ccccc6)c6ccccc56)nc(-c5ccccc5)nc4c3n2)cc1. The molecule has 0 aliphatic heterocycles. The Labute approximate surface area is 766 Å². The maximum atomic E-state index is 6.33. The number of rotatable bonds is 12. The summed E-state index contributed by atoms with van der Waals surface area (Å²) in [6.45, 7) is 0. The van der Waals surface area contributed by atoms with Gasteiger partial charge < -0.3 is 4.42 Å². The molecule has 0 spiro atoms. The van der Waals surface area contributed by atoms with E-state index in [0.717, 1.165) is 199 Å². The first kappa shape index (κ1) is 78.5. The number of benzene rings is 19. The number of pyridine rings is 3. The van der Waals surface area contributed by atoms with Crippen LogP contribution in [0, 0.1) is 0 Å². The molecule has 10 heteroatoms. The third-order valence-corrected chi connectivity index (χ3v) is 25.3. The van der Waals surface area contributed by atoms with E-state index >= 15 is 0 Å². The molecular formula is C123H77N9O. The Kier molecular flexibility index (Phi) is 20.1. The normalized spacial score (nSPS) is 11.5. The summed E-state index contributed by atoms with van der Waals surface area (Å²) in [5.41, 5.74) is 28.7. The van der Waals surface area contributed by atoms with Gasteiger partial charge in [0, 0.05) is 98.7 Å². The van der Waals surface area contributed by atoms with Crippen LogP contribution in [0.5, 0.6) is 0 Å². The molecule has 620 valence electrons. The zero-order chi connectivity index (χ0) is 88.1. The van der Waals surface area contributed by atoms with E-state index in [9.17, 15) is 0 Å². The van der Waals surface area contributed by atoms with E-state index in [0.29, 0.717) is 17.5 Å². The van der Waals surface area contributed by atoms with Crippen molar-refractivity contribution in [3.8, 4) is 135 Å². The Morgan fingerprint density at radius 1 is 0.143 bits per heavy atom. The highest BCUT2D eigenvalue weighted by Gasteiger charge is 2.25. The van der Waals surface area contributed by atoms with Crippen molar-refractivity contribution in [1.29, 1.82) is 0 Å². The summed E-state index contributed by atoms with van der Waals surface area (Å²) in [4.78, 5) is 46.9. The molecule has 0 fully saturated rings. The van der Waals surface area contributed by atoms with Crippen molar-refractivity contribution in [3.05, 3.63) is 467 Å². The van der Waals surface area contributed by atoms with Crippen molar-refractivity contribution >= 4 is 120 Å². The zero-order valence-corrected chi connectivity index (χ0v) is 71.9. The van der Waals surface area contributed by atoms with Gasteiger partial charge in [-0.05, 0) is 103 Å². The third kappa shape index (κ3) is 14.6. The lowest BCUT2D eigenvalue weighted by atomic mass is 9.86. The second-order valence-electron chi connectivity index (χ2n) is 33.2. The van der Waals surface area contributed by atoms with Gasteiger partial charge in [-0.3, -0.25) is 0 Å². The van der Waals surface area contributed by atoms with E-state index in [2.05, 4.69) is 346 Å². The van der Waals surface area contributed by atoms with Gasteiger partial charge in [0.15, 0.2) is 17.5 Å². The third-order valence-electron chi connectivity index (χ3n) is 25.3. The van der Waals surface area contributed by atoms with E-state index < -0.39 is 0 Å². The largest absolute Gasteiger partial charge is 0.455 e. The maximum absolute atomic E-state index is 6.33. The predicted molar refractivity (Wildman–Crippen MR) is 550 cm³/mol. The van der Waals surface area contributed by atoms with E-state index in [1.165, 1.54) is 38.4 Å². The van der Waals surface area contributed by atoms with Gasteiger partial charge in [-0.25, -0.2) is 44.9 Å². The number of para-hydroxylation sites is 2. The molecule has 10 nitrogen and oxygen atoms in total. The number of hydrogen-bond donors (Lipinski definition) is 0. The summed E-state index contributed by atoms with van der Waals surface area (Å²) < 4.78 is 6.33. The highest BCUT2D eigenvalue weighted by Crippen LogP contribution is 2.48. The molecule has 0 aliphatic carbocycles. The number of fused-ring (bicyclic) bond motifs is 15. The standard InChI is InChI=1S/C43H27N3.C41H25N3O.C39H25N3/c1-4-14-28(15-5-1)37-27-25-30-24-26-36-41(45-43(31-18-8-3-9-19-31)46-42(36)40(30)44-37)39-34-22-12-10-20-32(34)38(29-16-6-2-7-17-29)33-21-11-13-23-35(33)39;1-3-10-27(11-4-1)35-25-23-29-22-24-34-37(43-41(30-12-5-2-6-13-30)44-39(34)38(29)42-35)28-20-18-26(19-21-28)31-15-9-16-33-32-14-7-8-17-36(32)45-40(31)33;1-4-12-26(13-5-1)30-23-24-33(32-19-11-10-18-31(30)32)37-34-22-20-28-21-25-35(27-14-6-2-7-15-27)40-36(28)38(34)42-39(41-37)29-16-8-3-9-17-29/h1-27H;1-25H;1-25H. The van der Waals surface area contributed by atoms with Gasteiger partial charge in [0.05, 0.1) is 50.7 Å². The predicted octanol–water partition coefficient (Wildman–Crippen LogP) is 31.9. The summed E-state index contributed by atoms with van der Waals surface area (Å²) in [6.07, 6.45) is 0. The highest BCUT2D eigenvalue weighted by atomic mass is 16.3. The average Bonchev–Trinajstić information content (AvgIpc) is 1.33. The fraction of sp³-hybridized carbons (Fsp3) is 0. The van der Waals surface area contributed by atoms with Gasteiger partial charge in [0.1, 0.15) is 27.7 Å². The van der Waals surface area contributed by atoms with Crippen LogP contribution in [0.2, 0.25) is 0 Å².